The topological polar surface area (TPSA) is 66.8 Å². The van der Waals surface area contributed by atoms with Crippen molar-refractivity contribution in [3.8, 4) is 5.75 Å². The lowest BCUT2D eigenvalue weighted by Crippen LogP contribution is -2.09. The van der Waals surface area contributed by atoms with E-state index in [0.717, 1.165) is 24.0 Å². The first-order chi connectivity index (χ1) is 11.9. The average molecular weight is 363 g/mol. The summed E-state index contributed by atoms with van der Waals surface area (Å²) in [7, 11) is 0. The van der Waals surface area contributed by atoms with E-state index in [1.165, 1.54) is 0 Å². The molecular weight excluding hydrogens is 340 g/mol. The average Bonchev–Trinajstić information content (AvgIpc) is 2.59. The van der Waals surface area contributed by atoms with E-state index >= 15 is 0 Å². The molecule has 2 aromatic carbocycles. The van der Waals surface area contributed by atoms with Crippen LogP contribution in [0, 0.1) is 5.92 Å². The van der Waals surface area contributed by atoms with Crippen LogP contribution >= 0.6 is 11.6 Å². The molecular formula is C20H23ClO4. The highest BCUT2D eigenvalue weighted by molar-refractivity contribution is 6.30. The number of benzene rings is 2. The van der Waals surface area contributed by atoms with Crippen LogP contribution < -0.4 is 4.74 Å². The van der Waals surface area contributed by atoms with Gasteiger partial charge in [0.25, 0.3) is 0 Å². The van der Waals surface area contributed by atoms with Gasteiger partial charge in [0.15, 0.2) is 6.61 Å². The van der Waals surface area contributed by atoms with E-state index in [1.807, 2.05) is 24.3 Å². The number of carbonyl (C=O) groups is 1. The maximum Gasteiger partial charge on any atom is 0.341 e. The summed E-state index contributed by atoms with van der Waals surface area (Å²) in [6, 6.07) is 14.8. The fourth-order valence-electron chi connectivity index (χ4n) is 2.69. The zero-order valence-electron chi connectivity index (χ0n) is 14.2. The largest absolute Gasteiger partial charge is 0.482 e. The molecule has 0 amide bonds. The molecule has 0 aromatic heterocycles. The molecule has 0 radical (unpaired) electrons. The van der Waals surface area contributed by atoms with Crippen LogP contribution in [0.1, 0.15) is 37.0 Å². The minimum Gasteiger partial charge on any atom is -0.482 e. The van der Waals surface area contributed by atoms with Crippen LogP contribution in [0.4, 0.5) is 0 Å². The SMILES string of the molecule is C[C@@H](CC[C@H](O)c1cccc(Cl)c1)Cc1ccc(OCC(=O)O)cc1. The number of carboxylic acid groups (broad SMARTS) is 1. The first-order valence-corrected chi connectivity index (χ1v) is 8.69. The van der Waals surface area contributed by atoms with Crippen LogP contribution in [0.2, 0.25) is 5.02 Å². The Labute approximate surface area is 153 Å². The molecule has 2 N–H and O–H groups in total. The van der Waals surface area contributed by atoms with Gasteiger partial charge in [-0.1, -0.05) is 42.8 Å². The number of hydrogen-bond donors (Lipinski definition) is 2. The third-order valence-electron chi connectivity index (χ3n) is 4.04. The van der Waals surface area contributed by atoms with Crippen LogP contribution in [-0.2, 0) is 11.2 Å². The fraction of sp³-hybridized carbons (Fsp3) is 0.350. The maximum absolute atomic E-state index is 10.5. The quantitative estimate of drug-likeness (QED) is 0.689. The van der Waals surface area contributed by atoms with Gasteiger partial charge in [0.05, 0.1) is 6.10 Å². The number of aliphatic carboxylic acids is 1. The lowest BCUT2D eigenvalue weighted by Gasteiger charge is -2.16. The van der Waals surface area contributed by atoms with E-state index in [9.17, 15) is 9.90 Å². The second-order valence-electron chi connectivity index (χ2n) is 6.28. The molecule has 0 saturated heterocycles. The van der Waals surface area contributed by atoms with Crippen molar-refractivity contribution >= 4 is 17.6 Å². The van der Waals surface area contributed by atoms with Crippen molar-refractivity contribution in [1.29, 1.82) is 0 Å². The number of rotatable bonds is 9. The summed E-state index contributed by atoms with van der Waals surface area (Å²) < 4.78 is 5.12. The van der Waals surface area contributed by atoms with Crippen molar-refractivity contribution in [3.05, 3.63) is 64.7 Å². The molecule has 2 rings (SSSR count). The molecule has 5 heteroatoms. The van der Waals surface area contributed by atoms with Crippen molar-refractivity contribution < 1.29 is 19.7 Å². The van der Waals surface area contributed by atoms with E-state index in [0.29, 0.717) is 23.1 Å². The normalized spacial score (nSPS) is 13.2. The number of ether oxygens (including phenoxy) is 1. The summed E-state index contributed by atoms with van der Waals surface area (Å²) >= 11 is 5.96. The summed E-state index contributed by atoms with van der Waals surface area (Å²) in [5.41, 5.74) is 2.01. The van der Waals surface area contributed by atoms with Gasteiger partial charge in [-0.25, -0.2) is 4.79 Å². The molecule has 2 atom stereocenters. The summed E-state index contributed by atoms with van der Waals surface area (Å²) in [6.45, 7) is 1.82. The molecule has 0 unspecified atom stereocenters. The smallest absolute Gasteiger partial charge is 0.341 e. The molecule has 25 heavy (non-hydrogen) atoms. The van der Waals surface area contributed by atoms with Gasteiger partial charge in [0.1, 0.15) is 5.75 Å². The number of aliphatic hydroxyl groups is 1. The standard InChI is InChI=1S/C20H23ClO4/c1-14(5-10-19(22)16-3-2-4-17(21)12-16)11-15-6-8-18(9-7-15)25-13-20(23)24/h2-4,6-9,12,14,19,22H,5,10-11,13H2,1H3,(H,23,24)/t14-,19-/m0/s1. The first kappa shape index (κ1) is 19.3. The molecule has 0 fully saturated rings. The van der Waals surface area contributed by atoms with E-state index in [-0.39, 0.29) is 6.61 Å². The third-order valence-corrected chi connectivity index (χ3v) is 4.27. The van der Waals surface area contributed by atoms with Crippen molar-refractivity contribution in [2.24, 2.45) is 5.92 Å². The Balaban J connectivity index is 1.79. The Morgan fingerprint density at radius 3 is 2.52 bits per heavy atom. The van der Waals surface area contributed by atoms with Crippen LogP contribution in [0.3, 0.4) is 0 Å². The van der Waals surface area contributed by atoms with Crippen LogP contribution in [-0.4, -0.2) is 22.8 Å². The summed E-state index contributed by atoms with van der Waals surface area (Å²) in [5.74, 6) is -0.0224. The van der Waals surface area contributed by atoms with Gasteiger partial charge in [-0.3, -0.25) is 0 Å². The summed E-state index contributed by atoms with van der Waals surface area (Å²) in [6.07, 6.45) is 1.96. The first-order valence-electron chi connectivity index (χ1n) is 8.31. The zero-order valence-corrected chi connectivity index (χ0v) is 14.9. The van der Waals surface area contributed by atoms with Gasteiger partial charge in [0, 0.05) is 5.02 Å². The van der Waals surface area contributed by atoms with Crippen molar-refractivity contribution in [3.63, 3.8) is 0 Å². The number of hydrogen-bond acceptors (Lipinski definition) is 3. The van der Waals surface area contributed by atoms with Gasteiger partial charge in [0.2, 0.25) is 0 Å². The van der Waals surface area contributed by atoms with E-state index in [4.69, 9.17) is 21.4 Å². The molecule has 0 aliphatic heterocycles. The lowest BCUT2D eigenvalue weighted by atomic mass is 9.93. The molecule has 4 nitrogen and oxygen atoms in total. The van der Waals surface area contributed by atoms with Gasteiger partial charge >= 0.3 is 5.97 Å². The Morgan fingerprint density at radius 2 is 1.88 bits per heavy atom. The predicted octanol–water partition coefficient (Wildman–Crippen LogP) is 4.50. The highest BCUT2D eigenvalue weighted by Gasteiger charge is 2.11. The molecule has 134 valence electrons. The number of halogens is 1. The van der Waals surface area contributed by atoms with Crippen molar-refractivity contribution in [1.82, 2.24) is 0 Å². The van der Waals surface area contributed by atoms with Gasteiger partial charge in [-0.05, 0) is 60.6 Å². The van der Waals surface area contributed by atoms with Crippen LogP contribution in [0.5, 0.6) is 5.75 Å². The van der Waals surface area contributed by atoms with Crippen LogP contribution in [0.15, 0.2) is 48.5 Å². The summed E-state index contributed by atoms with van der Waals surface area (Å²) in [5, 5.41) is 19.5. The predicted molar refractivity (Wildman–Crippen MR) is 98.1 cm³/mol. The minimum atomic E-state index is -0.990. The number of carboxylic acids is 1. The molecule has 0 spiro atoms. The Bertz CT molecular complexity index is 684. The van der Waals surface area contributed by atoms with Gasteiger partial charge in [-0.15, -0.1) is 0 Å². The van der Waals surface area contributed by atoms with E-state index < -0.39 is 12.1 Å². The van der Waals surface area contributed by atoms with Gasteiger partial charge in [-0.2, -0.15) is 0 Å². The van der Waals surface area contributed by atoms with Crippen molar-refractivity contribution in [2.45, 2.75) is 32.3 Å². The Morgan fingerprint density at radius 1 is 1.16 bits per heavy atom. The molecule has 0 heterocycles. The Kier molecular flexibility index (Phi) is 7.29. The summed E-state index contributed by atoms with van der Waals surface area (Å²) in [4.78, 5) is 10.5. The molecule has 0 saturated carbocycles. The molecule has 0 aliphatic rings. The second kappa shape index (κ2) is 9.44. The van der Waals surface area contributed by atoms with E-state index in [1.54, 1.807) is 24.3 Å². The minimum absolute atomic E-state index is 0.336. The molecule has 2 aromatic rings. The van der Waals surface area contributed by atoms with Crippen molar-refractivity contribution in [2.75, 3.05) is 6.61 Å². The third kappa shape index (κ3) is 6.77. The Hall–Kier alpha value is -2.04. The second-order valence-corrected chi connectivity index (χ2v) is 6.72. The zero-order chi connectivity index (χ0) is 18.2. The maximum atomic E-state index is 10.5. The highest BCUT2D eigenvalue weighted by atomic mass is 35.5. The van der Waals surface area contributed by atoms with Gasteiger partial charge < -0.3 is 14.9 Å². The lowest BCUT2D eigenvalue weighted by molar-refractivity contribution is -0.139. The number of aliphatic hydroxyl groups excluding tert-OH is 1. The molecule has 0 bridgehead atoms. The fourth-order valence-corrected chi connectivity index (χ4v) is 2.89. The molecule has 0 aliphatic carbocycles. The highest BCUT2D eigenvalue weighted by Crippen LogP contribution is 2.25. The monoisotopic (exact) mass is 362 g/mol. The van der Waals surface area contributed by atoms with Crippen LogP contribution in [0.25, 0.3) is 0 Å². The van der Waals surface area contributed by atoms with E-state index in [2.05, 4.69) is 6.92 Å².